The number of hydrogen-bond donors (Lipinski definition) is 1. The molecule has 0 aromatic heterocycles. The van der Waals surface area contributed by atoms with E-state index in [9.17, 15) is 8.78 Å². The average molecular weight is 269 g/mol. The van der Waals surface area contributed by atoms with E-state index < -0.39 is 5.82 Å². The quantitative estimate of drug-likeness (QED) is 0.887. The van der Waals surface area contributed by atoms with E-state index in [1.54, 1.807) is 7.11 Å². The molecule has 1 atom stereocenters. The van der Waals surface area contributed by atoms with Crippen LogP contribution in [0.1, 0.15) is 31.2 Å². The minimum atomic E-state index is -0.399. The Bertz CT molecular complexity index is 430. The predicted octanol–water partition coefficient (Wildman–Crippen LogP) is 3.05. The zero-order valence-electron chi connectivity index (χ0n) is 11.5. The standard InChI is InChI=1S/C15H21F2NO/c1-18-14(15(19-2)7-3-4-8-15)10-11-9-12(16)5-6-13(11)17/h5-6,9,14,18H,3-4,7-8,10H2,1-2H3. The third kappa shape index (κ3) is 2.95. The Morgan fingerprint density at radius 3 is 2.58 bits per heavy atom. The van der Waals surface area contributed by atoms with Crippen LogP contribution in [-0.2, 0) is 11.2 Å². The molecule has 0 amide bonds. The molecule has 1 N–H and O–H groups in total. The zero-order valence-corrected chi connectivity index (χ0v) is 11.5. The second kappa shape index (κ2) is 5.97. The Morgan fingerprint density at radius 2 is 2.00 bits per heavy atom. The first kappa shape index (κ1) is 14.4. The van der Waals surface area contributed by atoms with Crippen molar-refractivity contribution in [1.82, 2.24) is 5.32 Å². The first-order valence-electron chi connectivity index (χ1n) is 6.77. The average Bonchev–Trinajstić information content (AvgIpc) is 2.89. The van der Waals surface area contributed by atoms with E-state index in [0.29, 0.717) is 12.0 Å². The van der Waals surface area contributed by atoms with Crippen molar-refractivity contribution in [3.05, 3.63) is 35.4 Å². The molecule has 0 saturated heterocycles. The third-order valence-electron chi connectivity index (χ3n) is 4.27. The van der Waals surface area contributed by atoms with Gasteiger partial charge >= 0.3 is 0 Å². The van der Waals surface area contributed by atoms with Gasteiger partial charge in [-0.2, -0.15) is 0 Å². The van der Waals surface area contributed by atoms with Gasteiger partial charge in [0.1, 0.15) is 11.6 Å². The van der Waals surface area contributed by atoms with Crippen LogP contribution in [0.3, 0.4) is 0 Å². The van der Waals surface area contributed by atoms with E-state index in [1.165, 1.54) is 12.1 Å². The number of likely N-dealkylation sites (N-methyl/N-ethyl adjacent to an activating group) is 1. The number of benzene rings is 1. The lowest BCUT2D eigenvalue weighted by Crippen LogP contribution is -2.50. The van der Waals surface area contributed by atoms with Gasteiger partial charge in [-0.3, -0.25) is 0 Å². The van der Waals surface area contributed by atoms with Crippen LogP contribution in [0.4, 0.5) is 8.78 Å². The van der Waals surface area contributed by atoms with E-state index >= 15 is 0 Å². The molecule has 0 spiro atoms. The fourth-order valence-electron chi connectivity index (χ4n) is 3.14. The molecule has 1 unspecified atom stereocenters. The van der Waals surface area contributed by atoms with Crippen molar-refractivity contribution in [3.8, 4) is 0 Å². The van der Waals surface area contributed by atoms with Crippen LogP contribution in [0.5, 0.6) is 0 Å². The molecule has 2 nitrogen and oxygen atoms in total. The molecule has 1 aromatic rings. The highest BCUT2D eigenvalue weighted by atomic mass is 19.1. The van der Waals surface area contributed by atoms with Crippen molar-refractivity contribution in [3.63, 3.8) is 0 Å². The van der Waals surface area contributed by atoms with Crippen LogP contribution in [0, 0.1) is 11.6 Å². The van der Waals surface area contributed by atoms with Gasteiger partial charge in [0.05, 0.1) is 5.60 Å². The molecule has 1 aliphatic rings. The zero-order chi connectivity index (χ0) is 13.9. The van der Waals surface area contributed by atoms with Crippen molar-refractivity contribution >= 4 is 0 Å². The fraction of sp³-hybridized carbons (Fsp3) is 0.600. The van der Waals surface area contributed by atoms with Gasteiger partial charge in [0, 0.05) is 13.2 Å². The normalized spacial score (nSPS) is 19.6. The van der Waals surface area contributed by atoms with E-state index in [4.69, 9.17) is 4.74 Å². The summed E-state index contributed by atoms with van der Waals surface area (Å²) in [5.74, 6) is -0.755. The number of nitrogens with one attached hydrogen (secondary N) is 1. The number of methoxy groups -OCH3 is 1. The maximum absolute atomic E-state index is 13.7. The molecule has 0 heterocycles. The highest BCUT2D eigenvalue weighted by Gasteiger charge is 2.41. The van der Waals surface area contributed by atoms with Crippen molar-refractivity contribution in [1.29, 1.82) is 0 Å². The van der Waals surface area contributed by atoms with Crippen molar-refractivity contribution in [2.75, 3.05) is 14.2 Å². The monoisotopic (exact) mass is 269 g/mol. The molecule has 1 aromatic carbocycles. The Hall–Kier alpha value is -1.00. The summed E-state index contributed by atoms with van der Waals surface area (Å²) in [6, 6.07) is 3.61. The second-order valence-electron chi connectivity index (χ2n) is 5.26. The molecule has 2 rings (SSSR count). The Labute approximate surface area is 113 Å². The molecule has 4 heteroatoms. The smallest absolute Gasteiger partial charge is 0.126 e. The summed E-state index contributed by atoms with van der Waals surface area (Å²) >= 11 is 0. The molecule has 1 aliphatic carbocycles. The van der Waals surface area contributed by atoms with Gasteiger partial charge < -0.3 is 10.1 Å². The summed E-state index contributed by atoms with van der Waals surface area (Å²) in [4.78, 5) is 0. The fourth-order valence-corrected chi connectivity index (χ4v) is 3.14. The Kier molecular flexibility index (Phi) is 4.53. The lowest BCUT2D eigenvalue weighted by molar-refractivity contribution is -0.0338. The Morgan fingerprint density at radius 1 is 1.32 bits per heavy atom. The predicted molar refractivity (Wildman–Crippen MR) is 71.1 cm³/mol. The highest BCUT2D eigenvalue weighted by molar-refractivity contribution is 5.21. The summed E-state index contributed by atoms with van der Waals surface area (Å²) in [6.45, 7) is 0. The first-order chi connectivity index (χ1) is 9.11. The molecular formula is C15H21F2NO. The van der Waals surface area contributed by atoms with Gasteiger partial charge in [-0.15, -0.1) is 0 Å². The summed E-state index contributed by atoms with van der Waals surface area (Å²) in [5, 5.41) is 3.22. The van der Waals surface area contributed by atoms with E-state index in [1.807, 2.05) is 7.05 Å². The van der Waals surface area contributed by atoms with Gasteiger partial charge in [0.2, 0.25) is 0 Å². The minimum Gasteiger partial charge on any atom is -0.377 e. The molecule has 19 heavy (non-hydrogen) atoms. The SMILES string of the molecule is CNC(Cc1cc(F)ccc1F)C1(OC)CCCC1. The van der Waals surface area contributed by atoms with Gasteiger partial charge in [-0.25, -0.2) is 8.78 Å². The maximum atomic E-state index is 13.7. The summed E-state index contributed by atoms with van der Waals surface area (Å²) in [6.07, 6.45) is 4.61. The largest absolute Gasteiger partial charge is 0.377 e. The minimum absolute atomic E-state index is 0.00343. The van der Waals surface area contributed by atoms with Gasteiger partial charge in [0.25, 0.3) is 0 Å². The van der Waals surface area contributed by atoms with E-state index in [2.05, 4.69) is 5.32 Å². The van der Waals surface area contributed by atoms with Crippen LogP contribution in [0.15, 0.2) is 18.2 Å². The highest BCUT2D eigenvalue weighted by Crippen LogP contribution is 2.37. The lowest BCUT2D eigenvalue weighted by Gasteiger charge is -2.36. The molecule has 0 aliphatic heterocycles. The number of halogens is 2. The molecular weight excluding hydrogens is 248 g/mol. The summed E-state index contributed by atoms with van der Waals surface area (Å²) in [7, 11) is 3.55. The topological polar surface area (TPSA) is 21.3 Å². The van der Waals surface area contributed by atoms with Crippen LogP contribution < -0.4 is 5.32 Å². The van der Waals surface area contributed by atoms with Crippen molar-refractivity contribution in [2.24, 2.45) is 0 Å². The Balaban J connectivity index is 2.21. The van der Waals surface area contributed by atoms with E-state index in [-0.39, 0.29) is 17.5 Å². The van der Waals surface area contributed by atoms with Crippen LogP contribution in [-0.4, -0.2) is 25.8 Å². The molecule has 106 valence electrons. The molecule has 1 fully saturated rings. The van der Waals surface area contributed by atoms with Crippen LogP contribution in [0.25, 0.3) is 0 Å². The number of rotatable bonds is 5. The van der Waals surface area contributed by atoms with Crippen molar-refractivity contribution < 1.29 is 13.5 Å². The van der Waals surface area contributed by atoms with Crippen LogP contribution in [0.2, 0.25) is 0 Å². The summed E-state index contributed by atoms with van der Waals surface area (Å²) in [5.41, 5.74) is 0.149. The maximum Gasteiger partial charge on any atom is 0.126 e. The van der Waals surface area contributed by atoms with Gasteiger partial charge in [0.15, 0.2) is 0 Å². The summed E-state index contributed by atoms with van der Waals surface area (Å²) < 4.78 is 32.7. The van der Waals surface area contributed by atoms with Gasteiger partial charge in [-0.1, -0.05) is 12.8 Å². The number of hydrogen-bond acceptors (Lipinski definition) is 2. The molecule has 0 radical (unpaired) electrons. The molecule has 0 bridgehead atoms. The van der Waals surface area contributed by atoms with Crippen LogP contribution >= 0.6 is 0 Å². The van der Waals surface area contributed by atoms with E-state index in [0.717, 1.165) is 31.7 Å². The lowest BCUT2D eigenvalue weighted by atomic mass is 9.87. The first-order valence-corrected chi connectivity index (χ1v) is 6.77. The molecule has 1 saturated carbocycles. The van der Waals surface area contributed by atoms with Gasteiger partial charge in [-0.05, 0) is 50.1 Å². The second-order valence-corrected chi connectivity index (χ2v) is 5.26. The number of ether oxygens (including phenoxy) is 1. The van der Waals surface area contributed by atoms with Crippen molar-refractivity contribution in [2.45, 2.75) is 43.7 Å². The third-order valence-corrected chi connectivity index (χ3v) is 4.27.